The third-order valence-corrected chi connectivity index (χ3v) is 7.21. The van der Waals surface area contributed by atoms with Crippen LogP contribution in [0, 0.1) is 0 Å². The van der Waals surface area contributed by atoms with E-state index >= 15 is 0 Å². The van der Waals surface area contributed by atoms with Crippen LogP contribution < -0.4 is 0 Å². The van der Waals surface area contributed by atoms with Crippen LogP contribution in [0.25, 0.3) is 0 Å². The van der Waals surface area contributed by atoms with Crippen molar-refractivity contribution in [1.29, 1.82) is 0 Å². The van der Waals surface area contributed by atoms with E-state index in [1.807, 2.05) is 0 Å². The topological polar surface area (TPSA) is 0 Å². The smallest absolute Gasteiger partial charge is 0.0196 e. The minimum absolute atomic E-state index is 1.33. The molecule has 0 saturated heterocycles. The summed E-state index contributed by atoms with van der Waals surface area (Å²) in [7, 11) is 1.59. The van der Waals surface area contributed by atoms with E-state index in [-0.39, 0.29) is 0 Å². The van der Waals surface area contributed by atoms with Crippen LogP contribution in [0.2, 0.25) is 0 Å². The molecule has 0 aliphatic heterocycles. The summed E-state index contributed by atoms with van der Waals surface area (Å²) < 4.78 is 0. The molecule has 143 valence electrons. The Bertz CT molecular complexity index is 344. The van der Waals surface area contributed by atoms with E-state index in [9.17, 15) is 0 Å². The van der Waals surface area contributed by atoms with Gasteiger partial charge in [0.05, 0.1) is 0 Å². The SMILES string of the molecule is C1=C(/[P]/C2=C/CCCCCCCCCC2)CCCCCCCCCC/1. The minimum Gasteiger partial charge on any atom is -0.0802 e. The van der Waals surface area contributed by atoms with Crippen LogP contribution in [0.4, 0.5) is 0 Å². The predicted octanol–water partition coefficient (Wildman–Crippen LogP) is 9.53. The molecule has 0 atom stereocenters. The summed E-state index contributed by atoms with van der Waals surface area (Å²) in [4.78, 5) is 0. The third-order valence-electron chi connectivity index (χ3n) is 5.82. The van der Waals surface area contributed by atoms with E-state index in [2.05, 4.69) is 12.2 Å². The molecule has 0 fully saturated rings. The Balaban J connectivity index is 1.87. The summed E-state index contributed by atoms with van der Waals surface area (Å²) in [6, 6.07) is 0. The molecule has 0 bridgehead atoms. The fourth-order valence-electron chi connectivity index (χ4n) is 4.15. The fraction of sp³-hybridized carbons (Fsp3) is 0.833. The molecule has 1 radical (unpaired) electrons. The Labute approximate surface area is 160 Å². The zero-order valence-corrected chi connectivity index (χ0v) is 17.6. The summed E-state index contributed by atoms with van der Waals surface area (Å²) in [5, 5.41) is 3.50. The van der Waals surface area contributed by atoms with E-state index in [0.717, 1.165) is 0 Å². The molecule has 0 aromatic rings. The molecule has 2 aliphatic carbocycles. The van der Waals surface area contributed by atoms with Crippen LogP contribution in [0.5, 0.6) is 0 Å². The lowest BCUT2D eigenvalue weighted by Crippen LogP contribution is -1.88. The second-order valence-electron chi connectivity index (χ2n) is 8.24. The molecule has 0 nitrogen and oxygen atoms in total. The van der Waals surface area contributed by atoms with Gasteiger partial charge in [0.15, 0.2) is 0 Å². The molecule has 25 heavy (non-hydrogen) atoms. The zero-order chi connectivity index (χ0) is 17.4. The second kappa shape index (κ2) is 15.0. The first-order valence-electron chi connectivity index (χ1n) is 11.5. The van der Waals surface area contributed by atoms with Gasteiger partial charge in [-0.2, -0.15) is 0 Å². The average Bonchev–Trinajstić information content (AvgIpc) is 2.59. The Morgan fingerprint density at radius 2 is 0.720 bits per heavy atom. The van der Waals surface area contributed by atoms with Gasteiger partial charge in [-0.05, 0) is 70.6 Å². The highest BCUT2D eigenvalue weighted by Crippen LogP contribution is 2.40. The molecule has 2 rings (SSSR count). The predicted molar refractivity (Wildman–Crippen MR) is 115 cm³/mol. The molecule has 0 heterocycles. The molecule has 1 heteroatoms. The molecule has 0 saturated carbocycles. The molecule has 0 unspecified atom stereocenters. The first-order chi connectivity index (χ1) is 12.4. The fourth-order valence-corrected chi connectivity index (χ4v) is 5.50. The van der Waals surface area contributed by atoms with Gasteiger partial charge in [-0.1, -0.05) is 89.2 Å². The molecule has 0 spiro atoms. The lowest BCUT2D eigenvalue weighted by molar-refractivity contribution is 0.564. The Kier molecular flexibility index (Phi) is 12.7. The molecular formula is C24H42P. The Morgan fingerprint density at radius 1 is 0.400 bits per heavy atom. The van der Waals surface area contributed by atoms with E-state index < -0.39 is 0 Å². The van der Waals surface area contributed by atoms with Gasteiger partial charge in [-0.15, -0.1) is 0 Å². The molecule has 0 N–H and O–H groups in total. The summed E-state index contributed by atoms with van der Waals surface area (Å²) in [6.07, 6.45) is 33.9. The monoisotopic (exact) mass is 361 g/mol. The van der Waals surface area contributed by atoms with Gasteiger partial charge in [0, 0.05) is 0 Å². The number of hydrogen-bond donors (Lipinski definition) is 0. The average molecular weight is 362 g/mol. The van der Waals surface area contributed by atoms with Crippen LogP contribution in [-0.4, -0.2) is 0 Å². The van der Waals surface area contributed by atoms with E-state index in [4.69, 9.17) is 0 Å². The maximum atomic E-state index is 2.63. The first kappa shape index (κ1) is 21.2. The second-order valence-corrected chi connectivity index (χ2v) is 9.61. The van der Waals surface area contributed by atoms with Crippen molar-refractivity contribution in [2.24, 2.45) is 0 Å². The van der Waals surface area contributed by atoms with Gasteiger partial charge in [-0.25, -0.2) is 0 Å². The van der Waals surface area contributed by atoms with E-state index in [1.165, 1.54) is 128 Å². The maximum absolute atomic E-state index is 2.63. The van der Waals surface area contributed by atoms with Gasteiger partial charge in [0.1, 0.15) is 0 Å². The maximum Gasteiger partial charge on any atom is -0.0196 e. The van der Waals surface area contributed by atoms with Crippen LogP contribution >= 0.6 is 8.58 Å². The molecule has 0 amide bonds. The van der Waals surface area contributed by atoms with Gasteiger partial charge < -0.3 is 0 Å². The first-order valence-corrected chi connectivity index (χ1v) is 12.4. The van der Waals surface area contributed by atoms with Crippen LogP contribution in [0.1, 0.15) is 128 Å². The quantitative estimate of drug-likeness (QED) is 0.429. The van der Waals surface area contributed by atoms with Gasteiger partial charge >= 0.3 is 0 Å². The number of hydrogen-bond acceptors (Lipinski definition) is 0. The lowest BCUT2D eigenvalue weighted by Gasteiger charge is -2.13. The van der Waals surface area contributed by atoms with Crippen molar-refractivity contribution in [2.75, 3.05) is 0 Å². The highest BCUT2D eigenvalue weighted by atomic mass is 31.1. The standard InChI is InChI=1S/C24H42P/c1-3-7-11-15-19-23(20-16-12-8-4-1)25-24-21-17-13-9-5-2-6-10-14-18-22-24/h19,21H,1-18,20,22H2/b23-19+,24-21+. The summed E-state index contributed by atoms with van der Waals surface area (Å²) >= 11 is 0. The van der Waals surface area contributed by atoms with Crippen LogP contribution in [-0.2, 0) is 0 Å². The van der Waals surface area contributed by atoms with Crippen molar-refractivity contribution in [2.45, 2.75) is 128 Å². The highest BCUT2D eigenvalue weighted by molar-refractivity contribution is 7.47. The van der Waals surface area contributed by atoms with E-state index in [0.29, 0.717) is 0 Å². The van der Waals surface area contributed by atoms with Crippen LogP contribution in [0.15, 0.2) is 22.8 Å². The van der Waals surface area contributed by atoms with Crippen LogP contribution in [0.3, 0.4) is 0 Å². The van der Waals surface area contributed by atoms with Gasteiger partial charge in [0.2, 0.25) is 0 Å². The van der Waals surface area contributed by atoms with E-state index in [1.54, 1.807) is 19.2 Å². The highest BCUT2D eigenvalue weighted by Gasteiger charge is 2.07. The van der Waals surface area contributed by atoms with Crippen molar-refractivity contribution in [1.82, 2.24) is 0 Å². The van der Waals surface area contributed by atoms with Crippen molar-refractivity contribution < 1.29 is 0 Å². The molecular weight excluding hydrogens is 319 g/mol. The summed E-state index contributed by atoms with van der Waals surface area (Å²) in [5.41, 5.74) is 0. The van der Waals surface area contributed by atoms with Gasteiger partial charge in [-0.3, -0.25) is 0 Å². The minimum atomic E-state index is 1.33. The number of rotatable bonds is 2. The van der Waals surface area contributed by atoms with Crippen molar-refractivity contribution in [3.8, 4) is 0 Å². The third kappa shape index (κ3) is 11.3. The molecule has 0 aromatic carbocycles. The Morgan fingerprint density at radius 3 is 1.12 bits per heavy atom. The zero-order valence-electron chi connectivity index (χ0n) is 16.7. The molecule has 0 aromatic heterocycles. The van der Waals surface area contributed by atoms with Crippen molar-refractivity contribution in [3.05, 3.63) is 22.8 Å². The number of allylic oxidation sites excluding steroid dienone is 4. The Hall–Kier alpha value is -0.0900. The lowest BCUT2D eigenvalue weighted by atomic mass is 10.0. The van der Waals surface area contributed by atoms with Crippen molar-refractivity contribution >= 4 is 8.58 Å². The summed E-state index contributed by atoms with van der Waals surface area (Å²) in [5.74, 6) is 0. The normalized spacial score (nSPS) is 28.0. The summed E-state index contributed by atoms with van der Waals surface area (Å²) in [6.45, 7) is 0. The van der Waals surface area contributed by atoms with Gasteiger partial charge in [0.25, 0.3) is 0 Å². The van der Waals surface area contributed by atoms with Crippen molar-refractivity contribution in [3.63, 3.8) is 0 Å². The molecule has 2 aliphatic rings. The largest absolute Gasteiger partial charge is 0.0802 e.